The molecule has 2 rings (SSSR count). The Morgan fingerprint density at radius 3 is 2.89 bits per heavy atom. The molecule has 0 unspecified atom stereocenters. The number of hydrogen-bond acceptors (Lipinski definition) is 3. The van der Waals surface area contributed by atoms with Gasteiger partial charge in [0.25, 0.3) is 0 Å². The van der Waals surface area contributed by atoms with Crippen molar-refractivity contribution < 1.29 is 4.42 Å². The lowest BCUT2D eigenvalue weighted by atomic mass is 10.3. The van der Waals surface area contributed by atoms with E-state index in [1.54, 1.807) is 0 Å². The molecule has 18 heavy (non-hydrogen) atoms. The van der Waals surface area contributed by atoms with E-state index in [0.29, 0.717) is 6.54 Å². The summed E-state index contributed by atoms with van der Waals surface area (Å²) < 4.78 is 5.81. The molecule has 0 amide bonds. The van der Waals surface area contributed by atoms with Gasteiger partial charge in [0.2, 0.25) is 0 Å². The summed E-state index contributed by atoms with van der Waals surface area (Å²) in [4.78, 5) is 2.23. The highest BCUT2D eigenvalue weighted by Gasteiger charge is 2.20. The lowest BCUT2D eigenvalue weighted by molar-refractivity contribution is 0.268. The fraction of sp³-hybridized carbons (Fsp3) is 0.600. The van der Waals surface area contributed by atoms with Gasteiger partial charge in [-0.1, -0.05) is 12.8 Å². The Bertz CT molecular complexity index is 401. The van der Waals surface area contributed by atoms with E-state index in [1.807, 2.05) is 0 Å². The summed E-state index contributed by atoms with van der Waals surface area (Å²) in [6, 6.07) is 4.84. The van der Waals surface area contributed by atoms with Gasteiger partial charge in [-0.3, -0.25) is 4.90 Å². The van der Waals surface area contributed by atoms with Gasteiger partial charge in [-0.15, -0.1) is 6.42 Å². The minimum absolute atomic E-state index is 0.685. The lowest BCUT2D eigenvalue weighted by Gasteiger charge is -2.16. The molecule has 1 aliphatic carbocycles. The van der Waals surface area contributed by atoms with Gasteiger partial charge in [0.05, 0.1) is 19.6 Å². The van der Waals surface area contributed by atoms with E-state index in [1.165, 1.54) is 12.8 Å². The van der Waals surface area contributed by atoms with Gasteiger partial charge in [0.15, 0.2) is 0 Å². The molecule has 1 N–H and O–H groups in total. The predicted molar refractivity (Wildman–Crippen MR) is 73.0 cm³/mol. The van der Waals surface area contributed by atoms with Crippen LogP contribution in [0, 0.1) is 12.3 Å². The summed E-state index contributed by atoms with van der Waals surface area (Å²) in [6.45, 7) is 5.51. The van der Waals surface area contributed by atoms with Crippen molar-refractivity contribution in [2.24, 2.45) is 0 Å². The Morgan fingerprint density at radius 2 is 2.22 bits per heavy atom. The Kier molecular flexibility index (Phi) is 4.86. The van der Waals surface area contributed by atoms with Crippen LogP contribution < -0.4 is 5.32 Å². The van der Waals surface area contributed by atoms with Crippen LogP contribution >= 0.6 is 0 Å². The molecule has 1 aromatic heterocycles. The molecule has 1 aromatic rings. The molecule has 0 aromatic carbocycles. The molecule has 0 radical (unpaired) electrons. The second kappa shape index (κ2) is 6.63. The van der Waals surface area contributed by atoms with Gasteiger partial charge < -0.3 is 9.73 Å². The Balaban J connectivity index is 1.81. The van der Waals surface area contributed by atoms with Crippen molar-refractivity contribution in [3.05, 3.63) is 23.7 Å². The monoisotopic (exact) mass is 246 g/mol. The molecule has 0 spiro atoms. The Hall–Kier alpha value is -1.24. The molecule has 3 heteroatoms. The van der Waals surface area contributed by atoms with Crippen LogP contribution in [0.2, 0.25) is 0 Å². The third kappa shape index (κ3) is 4.21. The van der Waals surface area contributed by atoms with Crippen LogP contribution in [0.5, 0.6) is 0 Å². The highest BCUT2D eigenvalue weighted by atomic mass is 16.3. The molecule has 1 aliphatic rings. The van der Waals surface area contributed by atoms with Crippen LogP contribution in [0.4, 0.5) is 0 Å². The first-order valence-electron chi connectivity index (χ1n) is 6.78. The van der Waals surface area contributed by atoms with Gasteiger partial charge in [0.1, 0.15) is 11.5 Å². The van der Waals surface area contributed by atoms with E-state index in [4.69, 9.17) is 10.8 Å². The second-order valence-electron chi connectivity index (χ2n) is 4.94. The maximum absolute atomic E-state index is 5.81. The molecule has 0 atom stereocenters. The summed E-state index contributed by atoms with van der Waals surface area (Å²) in [6.07, 6.45) is 9.09. The highest BCUT2D eigenvalue weighted by Crippen LogP contribution is 2.20. The smallest absolute Gasteiger partial charge is 0.118 e. The molecular weight excluding hydrogens is 224 g/mol. The normalized spacial score (nSPS) is 14.9. The standard InChI is InChI=1S/C15H22N2O/c1-3-9-17(10-4-2)12-15-8-7-14(18-15)11-16-13-5-6-13/h1,7-8,13,16H,4-6,9-12H2,2H3. The fourth-order valence-electron chi connectivity index (χ4n) is 2.01. The van der Waals surface area contributed by atoms with Gasteiger partial charge in [-0.05, 0) is 37.9 Å². The molecule has 0 aliphatic heterocycles. The predicted octanol–water partition coefficient (Wildman–Crippen LogP) is 2.38. The summed E-state index contributed by atoms with van der Waals surface area (Å²) in [5.41, 5.74) is 0. The summed E-state index contributed by atoms with van der Waals surface area (Å²) in [5.74, 6) is 4.73. The quantitative estimate of drug-likeness (QED) is 0.714. The van der Waals surface area contributed by atoms with Crippen molar-refractivity contribution >= 4 is 0 Å². The third-order valence-corrected chi connectivity index (χ3v) is 3.09. The zero-order valence-electron chi connectivity index (χ0n) is 11.1. The first-order valence-corrected chi connectivity index (χ1v) is 6.78. The minimum atomic E-state index is 0.685. The van der Waals surface area contributed by atoms with E-state index >= 15 is 0 Å². The minimum Gasteiger partial charge on any atom is -0.463 e. The van der Waals surface area contributed by atoms with Crippen LogP contribution in [0.3, 0.4) is 0 Å². The largest absolute Gasteiger partial charge is 0.463 e. The zero-order chi connectivity index (χ0) is 12.8. The van der Waals surface area contributed by atoms with Gasteiger partial charge in [-0.25, -0.2) is 0 Å². The number of nitrogens with zero attached hydrogens (tertiary/aromatic N) is 1. The molecule has 0 bridgehead atoms. The number of hydrogen-bond donors (Lipinski definition) is 1. The van der Waals surface area contributed by atoms with Crippen LogP contribution in [-0.4, -0.2) is 24.0 Å². The van der Waals surface area contributed by atoms with Crippen molar-refractivity contribution in [1.82, 2.24) is 10.2 Å². The van der Waals surface area contributed by atoms with E-state index in [9.17, 15) is 0 Å². The average molecular weight is 246 g/mol. The van der Waals surface area contributed by atoms with E-state index in [0.717, 1.165) is 43.6 Å². The molecule has 0 saturated heterocycles. The Morgan fingerprint density at radius 1 is 1.44 bits per heavy atom. The highest BCUT2D eigenvalue weighted by molar-refractivity contribution is 5.08. The fourth-order valence-corrected chi connectivity index (χ4v) is 2.01. The SMILES string of the molecule is C#CCN(CCC)Cc1ccc(CNC2CC2)o1. The van der Waals surface area contributed by atoms with Crippen molar-refractivity contribution in [3.8, 4) is 12.3 Å². The molecule has 1 heterocycles. The molecule has 98 valence electrons. The van der Waals surface area contributed by atoms with Crippen LogP contribution in [-0.2, 0) is 13.1 Å². The molecule has 1 saturated carbocycles. The number of rotatable bonds is 8. The summed E-state index contributed by atoms with van der Waals surface area (Å²) in [7, 11) is 0. The van der Waals surface area contributed by atoms with Gasteiger partial charge in [-0.2, -0.15) is 0 Å². The number of furan rings is 1. The second-order valence-corrected chi connectivity index (χ2v) is 4.94. The number of terminal acetylenes is 1. The zero-order valence-corrected chi connectivity index (χ0v) is 11.1. The van der Waals surface area contributed by atoms with Gasteiger partial charge >= 0.3 is 0 Å². The van der Waals surface area contributed by atoms with Crippen LogP contribution in [0.25, 0.3) is 0 Å². The number of nitrogens with one attached hydrogen (secondary N) is 1. The molecule has 3 nitrogen and oxygen atoms in total. The molecular formula is C15H22N2O. The van der Waals surface area contributed by atoms with Crippen LogP contribution in [0.1, 0.15) is 37.7 Å². The average Bonchev–Trinajstić information content (AvgIpc) is 3.08. The summed E-state index contributed by atoms with van der Waals surface area (Å²) in [5, 5.41) is 3.45. The van der Waals surface area contributed by atoms with Crippen molar-refractivity contribution in [2.75, 3.05) is 13.1 Å². The van der Waals surface area contributed by atoms with Crippen molar-refractivity contribution in [1.29, 1.82) is 0 Å². The summed E-state index contributed by atoms with van der Waals surface area (Å²) >= 11 is 0. The lowest BCUT2D eigenvalue weighted by Crippen LogP contribution is -2.24. The first kappa shape index (κ1) is 13.2. The molecule has 1 fully saturated rings. The van der Waals surface area contributed by atoms with E-state index in [2.05, 4.69) is 35.2 Å². The van der Waals surface area contributed by atoms with Crippen LogP contribution in [0.15, 0.2) is 16.5 Å². The van der Waals surface area contributed by atoms with Gasteiger partial charge in [0, 0.05) is 6.04 Å². The third-order valence-electron chi connectivity index (χ3n) is 3.09. The first-order chi connectivity index (χ1) is 8.81. The van der Waals surface area contributed by atoms with Crippen molar-refractivity contribution in [2.45, 2.75) is 45.3 Å². The maximum atomic E-state index is 5.81. The van der Waals surface area contributed by atoms with Crippen molar-refractivity contribution in [3.63, 3.8) is 0 Å². The van der Waals surface area contributed by atoms with E-state index < -0.39 is 0 Å². The Labute approximate surface area is 110 Å². The topological polar surface area (TPSA) is 28.4 Å². The maximum Gasteiger partial charge on any atom is 0.118 e. The van der Waals surface area contributed by atoms with E-state index in [-0.39, 0.29) is 0 Å².